The van der Waals surface area contributed by atoms with Gasteiger partial charge in [0.05, 0.1) is 12.1 Å². The molecule has 0 aliphatic heterocycles. The summed E-state index contributed by atoms with van der Waals surface area (Å²) in [6.07, 6.45) is 0.333. The van der Waals surface area contributed by atoms with Crippen LogP contribution in [0.3, 0.4) is 0 Å². The first-order valence-corrected chi connectivity index (χ1v) is 10.0. The third kappa shape index (κ3) is 5.04. The Morgan fingerprint density at radius 3 is 2.33 bits per heavy atom. The van der Waals surface area contributed by atoms with Crippen LogP contribution in [0.25, 0.3) is 10.6 Å². The number of thiazole rings is 1. The standard InChI is InChI=1S/C23H26N2OS/c1-23(2,3)19-12-10-17(11-13-19)15-25(4)21(26)14-20-16-27-22(24-20)18-8-6-5-7-9-18/h5-13,16H,14-15H2,1-4H3. The molecule has 1 amide bonds. The van der Waals surface area contributed by atoms with E-state index in [4.69, 9.17) is 0 Å². The fourth-order valence-electron chi connectivity index (χ4n) is 2.86. The molecule has 0 N–H and O–H groups in total. The normalized spacial score (nSPS) is 11.4. The van der Waals surface area contributed by atoms with Crippen molar-refractivity contribution >= 4 is 17.2 Å². The zero-order chi connectivity index (χ0) is 19.4. The van der Waals surface area contributed by atoms with E-state index in [0.717, 1.165) is 21.8 Å². The molecule has 0 bridgehead atoms. The molecule has 1 aromatic heterocycles. The molecule has 0 radical (unpaired) electrons. The molecule has 0 aliphatic carbocycles. The van der Waals surface area contributed by atoms with E-state index in [2.05, 4.69) is 50.0 Å². The largest absolute Gasteiger partial charge is 0.341 e. The number of rotatable bonds is 5. The van der Waals surface area contributed by atoms with Crippen molar-refractivity contribution in [2.75, 3.05) is 7.05 Å². The molecular formula is C23H26N2OS. The second-order valence-electron chi connectivity index (χ2n) is 7.88. The number of carbonyl (C=O) groups is 1. The fraction of sp³-hybridized carbons (Fsp3) is 0.304. The van der Waals surface area contributed by atoms with Crippen LogP contribution in [0.4, 0.5) is 0 Å². The Morgan fingerprint density at radius 2 is 1.70 bits per heavy atom. The predicted octanol–water partition coefficient (Wildman–Crippen LogP) is 5.31. The number of amides is 1. The lowest BCUT2D eigenvalue weighted by atomic mass is 9.87. The Kier molecular flexibility index (Phi) is 5.76. The van der Waals surface area contributed by atoms with E-state index in [1.165, 1.54) is 5.56 Å². The van der Waals surface area contributed by atoms with Gasteiger partial charge in [0.15, 0.2) is 0 Å². The minimum atomic E-state index is 0.0832. The van der Waals surface area contributed by atoms with Crippen molar-refractivity contribution in [3.8, 4) is 10.6 Å². The summed E-state index contributed by atoms with van der Waals surface area (Å²) in [5.74, 6) is 0.0832. The van der Waals surface area contributed by atoms with Gasteiger partial charge in [-0.25, -0.2) is 4.98 Å². The maximum Gasteiger partial charge on any atom is 0.228 e. The molecule has 0 saturated heterocycles. The Labute approximate surface area is 165 Å². The summed E-state index contributed by atoms with van der Waals surface area (Å²) in [4.78, 5) is 19.0. The van der Waals surface area contributed by atoms with E-state index in [0.29, 0.717) is 13.0 Å². The molecular weight excluding hydrogens is 352 g/mol. The van der Waals surface area contributed by atoms with Crippen LogP contribution in [0, 0.1) is 0 Å². The first-order chi connectivity index (χ1) is 12.8. The molecule has 0 unspecified atom stereocenters. The van der Waals surface area contributed by atoms with Crippen LogP contribution in [0.15, 0.2) is 60.0 Å². The summed E-state index contributed by atoms with van der Waals surface area (Å²) in [5, 5.41) is 2.94. The second-order valence-corrected chi connectivity index (χ2v) is 8.74. The summed E-state index contributed by atoms with van der Waals surface area (Å²) in [6, 6.07) is 18.6. The average Bonchev–Trinajstić information content (AvgIpc) is 3.10. The van der Waals surface area contributed by atoms with Crippen molar-refractivity contribution in [1.29, 1.82) is 0 Å². The maximum atomic E-state index is 12.6. The van der Waals surface area contributed by atoms with Crippen LogP contribution in [-0.4, -0.2) is 22.8 Å². The summed E-state index contributed by atoms with van der Waals surface area (Å²) in [6.45, 7) is 7.22. The summed E-state index contributed by atoms with van der Waals surface area (Å²) < 4.78 is 0. The van der Waals surface area contributed by atoms with Crippen molar-refractivity contribution in [2.45, 2.75) is 39.2 Å². The van der Waals surface area contributed by atoms with Crippen molar-refractivity contribution in [2.24, 2.45) is 0 Å². The minimum Gasteiger partial charge on any atom is -0.341 e. The molecule has 3 rings (SSSR count). The van der Waals surface area contributed by atoms with Crippen molar-refractivity contribution in [1.82, 2.24) is 9.88 Å². The molecule has 27 heavy (non-hydrogen) atoms. The number of likely N-dealkylation sites (N-methyl/N-ethyl adjacent to an activating group) is 1. The van der Waals surface area contributed by atoms with Crippen molar-refractivity contribution < 1.29 is 4.79 Å². The SMILES string of the molecule is CN(Cc1ccc(C(C)(C)C)cc1)C(=O)Cc1csc(-c2ccccc2)n1. The first kappa shape index (κ1) is 19.3. The number of nitrogens with zero attached hydrogens (tertiary/aromatic N) is 2. The zero-order valence-corrected chi connectivity index (χ0v) is 17.2. The number of carbonyl (C=O) groups excluding carboxylic acids is 1. The summed E-state index contributed by atoms with van der Waals surface area (Å²) in [5.41, 5.74) is 4.51. The van der Waals surface area contributed by atoms with Gasteiger partial charge < -0.3 is 4.90 Å². The van der Waals surface area contributed by atoms with Gasteiger partial charge >= 0.3 is 0 Å². The van der Waals surface area contributed by atoms with Gasteiger partial charge in [0.1, 0.15) is 5.01 Å². The van der Waals surface area contributed by atoms with Crippen LogP contribution < -0.4 is 0 Å². The highest BCUT2D eigenvalue weighted by molar-refractivity contribution is 7.13. The van der Waals surface area contributed by atoms with Gasteiger partial charge in [-0.15, -0.1) is 11.3 Å². The van der Waals surface area contributed by atoms with Gasteiger partial charge in [-0.1, -0.05) is 75.4 Å². The smallest absolute Gasteiger partial charge is 0.228 e. The quantitative estimate of drug-likeness (QED) is 0.603. The Hall–Kier alpha value is -2.46. The lowest BCUT2D eigenvalue weighted by Crippen LogP contribution is -2.27. The van der Waals surface area contributed by atoms with E-state index in [9.17, 15) is 4.79 Å². The number of benzene rings is 2. The highest BCUT2D eigenvalue weighted by Gasteiger charge is 2.15. The molecule has 3 aromatic rings. The highest BCUT2D eigenvalue weighted by Crippen LogP contribution is 2.24. The van der Waals surface area contributed by atoms with Gasteiger partial charge in [-0.3, -0.25) is 4.79 Å². The maximum absolute atomic E-state index is 12.6. The molecule has 0 saturated carbocycles. The first-order valence-electron chi connectivity index (χ1n) is 9.16. The molecule has 3 nitrogen and oxygen atoms in total. The zero-order valence-electron chi connectivity index (χ0n) is 16.4. The van der Waals surface area contributed by atoms with Crippen LogP contribution >= 0.6 is 11.3 Å². The minimum absolute atomic E-state index is 0.0832. The monoisotopic (exact) mass is 378 g/mol. The molecule has 1 heterocycles. The fourth-order valence-corrected chi connectivity index (χ4v) is 3.69. The van der Waals surface area contributed by atoms with Gasteiger partial charge in [0.2, 0.25) is 5.91 Å². The molecule has 0 spiro atoms. The highest BCUT2D eigenvalue weighted by atomic mass is 32.1. The Morgan fingerprint density at radius 1 is 1.04 bits per heavy atom. The second kappa shape index (κ2) is 8.05. The van der Waals surface area contributed by atoms with Crippen LogP contribution in [0.2, 0.25) is 0 Å². The third-order valence-corrected chi connectivity index (χ3v) is 5.51. The predicted molar refractivity (Wildman–Crippen MR) is 113 cm³/mol. The molecule has 0 atom stereocenters. The molecule has 0 aliphatic rings. The number of hydrogen-bond donors (Lipinski definition) is 0. The van der Waals surface area contributed by atoms with Crippen molar-refractivity contribution in [3.63, 3.8) is 0 Å². The van der Waals surface area contributed by atoms with E-state index in [1.54, 1.807) is 16.2 Å². The Balaban J connectivity index is 1.60. The van der Waals surface area contributed by atoms with Crippen LogP contribution in [-0.2, 0) is 23.2 Å². The molecule has 140 valence electrons. The van der Waals surface area contributed by atoms with E-state index >= 15 is 0 Å². The number of aromatic nitrogens is 1. The topological polar surface area (TPSA) is 33.2 Å². The van der Waals surface area contributed by atoms with Crippen LogP contribution in [0.1, 0.15) is 37.6 Å². The summed E-state index contributed by atoms with van der Waals surface area (Å²) in [7, 11) is 1.85. The summed E-state index contributed by atoms with van der Waals surface area (Å²) >= 11 is 1.58. The van der Waals surface area contributed by atoms with Gasteiger partial charge in [0.25, 0.3) is 0 Å². The van der Waals surface area contributed by atoms with E-state index < -0.39 is 0 Å². The lowest BCUT2D eigenvalue weighted by Gasteiger charge is -2.21. The average molecular weight is 379 g/mol. The van der Waals surface area contributed by atoms with E-state index in [-0.39, 0.29) is 11.3 Å². The molecule has 2 aromatic carbocycles. The van der Waals surface area contributed by atoms with Crippen LogP contribution in [0.5, 0.6) is 0 Å². The van der Waals surface area contributed by atoms with Gasteiger partial charge in [-0.05, 0) is 16.5 Å². The van der Waals surface area contributed by atoms with Gasteiger partial charge in [-0.2, -0.15) is 0 Å². The molecule has 4 heteroatoms. The van der Waals surface area contributed by atoms with Gasteiger partial charge in [0, 0.05) is 24.5 Å². The molecule has 0 fully saturated rings. The Bertz CT molecular complexity index is 892. The van der Waals surface area contributed by atoms with Crippen molar-refractivity contribution in [3.05, 3.63) is 76.8 Å². The number of hydrogen-bond acceptors (Lipinski definition) is 3. The third-order valence-electron chi connectivity index (χ3n) is 4.57. The van der Waals surface area contributed by atoms with E-state index in [1.807, 2.05) is 42.8 Å². The lowest BCUT2D eigenvalue weighted by molar-refractivity contribution is -0.129.